The molecule has 0 unspecified atom stereocenters. The van der Waals surface area contributed by atoms with Crippen molar-refractivity contribution in [3.05, 3.63) is 0 Å². The van der Waals surface area contributed by atoms with Crippen LogP contribution in [0.15, 0.2) is 0 Å². The third-order valence-electron chi connectivity index (χ3n) is 4.16. The Morgan fingerprint density at radius 3 is 2.19 bits per heavy atom. The second-order valence-corrected chi connectivity index (χ2v) is 5.60. The van der Waals surface area contributed by atoms with Crippen LogP contribution in [0.25, 0.3) is 0 Å². The average molecular weight is 225 g/mol. The van der Waals surface area contributed by atoms with Gasteiger partial charge in [-0.05, 0) is 83.8 Å². The molecule has 0 saturated carbocycles. The van der Waals surface area contributed by atoms with E-state index in [9.17, 15) is 0 Å². The Balaban J connectivity index is 1.53. The molecular weight excluding hydrogens is 198 g/mol. The van der Waals surface area contributed by atoms with Gasteiger partial charge in [0.05, 0.1) is 0 Å². The third kappa shape index (κ3) is 4.04. The van der Waals surface area contributed by atoms with E-state index in [0.717, 1.165) is 11.8 Å². The molecule has 94 valence electrons. The number of piperidine rings is 2. The van der Waals surface area contributed by atoms with Gasteiger partial charge in [0.2, 0.25) is 0 Å². The van der Waals surface area contributed by atoms with Crippen LogP contribution in [-0.2, 0) is 0 Å². The summed E-state index contributed by atoms with van der Waals surface area (Å²) in [5.41, 5.74) is 0. The molecule has 0 aromatic heterocycles. The number of nitrogens with one attached hydrogen (secondary N) is 2. The van der Waals surface area contributed by atoms with Gasteiger partial charge in [-0.1, -0.05) is 0 Å². The zero-order valence-electron chi connectivity index (χ0n) is 10.7. The van der Waals surface area contributed by atoms with Crippen LogP contribution in [-0.4, -0.2) is 51.2 Å². The summed E-state index contributed by atoms with van der Waals surface area (Å²) < 4.78 is 0. The van der Waals surface area contributed by atoms with Crippen molar-refractivity contribution in [3.63, 3.8) is 0 Å². The molecule has 0 spiro atoms. The number of rotatable bonds is 4. The number of likely N-dealkylation sites (tertiary alicyclic amines) is 1. The molecule has 0 aromatic carbocycles. The number of hydrogen-bond donors (Lipinski definition) is 2. The van der Waals surface area contributed by atoms with Gasteiger partial charge < -0.3 is 15.5 Å². The summed E-state index contributed by atoms with van der Waals surface area (Å²) in [7, 11) is 2.23. The van der Waals surface area contributed by atoms with E-state index in [0.29, 0.717) is 0 Å². The van der Waals surface area contributed by atoms with Crippen LogP contribution in [0.5, 0.6) is 0 Å². The fraction of sp³-hybridized carbons (Fsp3) is 1.00. The molecule has 16 heavy (non-hydrogen) atoms. The SMILES string of the molecule is CN1CCC(CNCC2CCNCC2)CC1. The van der Waals surface area contributed by atoms with Gasteiger partial charge in [-0.15, -0.1) is 0 Å². The molecule has 2 aliphatic heterocycles. The molecule has 0 atom stereocenters. The van der Waals surface area contributed by atoms with E-state index >= 15 is 0 Å². The molecule has 0 bridgehead atoms. The Hall–Kier alpha value is -0.120. The van der Waals surface area contributed by atoms with Crippen LogP contribution < -0.4 is 10.6 Å². The molecular formula is C13H27N3. The fourth-order valence-corrected chi connectivity index (χ4v) is 2.84. The molecule has 3 heteroatoms. The average Bonchev–Trinajstić information content (AvgIpc) is 2.33. The molecule has 2 heterocycles. The topological polar surface area (TPSA) is 27.3 Å². The maximum absolute atomic E-state index is 3.69. The quantitative estimate of drug-likeness (QED) is 0.745. The Morgan fingerprint density at radius 2 is 1.56 bits per heavy atom. The van der Waals surface area contributed by atoms with Gasteiger partial charge in [0, 0.05) is 0 Å². The van der Waals surface area contributed by atoms with Gasteiger partial charge in [0.15, 0.2) is 0 Å². The largest absolute Gasteiger partial charge is 0.317 e. The first-order chi connectivity index (χ1) is 7.84. The molecule has 0 amide bonds. The van der Waals surface area contributed by atoms with Crippen molar-refractivity contribution in [2.24, 2.45) is 11.8 Å². The second kappa shape index (κ2) is 6.58. The van der Waals surface area contributed by atoms with Crippen LogP contribution in [0, 0.1) is 11.8 Å². The van der Waals surface area contributed by atoms with Crippen LogP contribution >= 0.6 is 0 Å². The first kappa shape index (κ1) is 12.3. The highest BCUT2D eigenvalue weighted by atomic mass is 15.1. The Morgan fingerprint density at radius 1 is 1.00 bits per heavy atom. The van der Waals surface area contributed by atoms with Crippen LogP contribution in [0.4, 0.5) is 0 Å². The zero-order valence-corrected chi connectivity index (χ0v) is 10.7. The van der Waals surface area contributed by atoms with Crippen molar-refractivity contribution >= 4 is 0 Å². The van der Waals surface area contributed by atoms with Crippen molar-refractivity contribution in [1.29, 1.82) is 0 Å². The van der Waals surface area contributed by atoms with Gasteiger partial charge >= 0.3 is 0 Å². The minimum absolute atomic E-state index is 0.924. The van der Waals surface area contributed by atoms with Gasteiger partial charge in [-0.25, -0.2) is 0 Å². The lowest BCUT2D eigenvalue weighted by Crippen LogP contribution is -2.38. The number of hydrogen-bond acceptors (Lipinski definition) is 3. The van der Waals surface area contributed by atoms with E-state index in [1.165, 1.54) is 65.0 Å². The minimum Gasteiger partial charge on any atom is -0.317 e. The highest BCUT2D eigenvalue weighted by Crippen LogP contribution is 2.15. The monoisotopic (exact) mass is 225 g/mol. The number of nitrogens with zero attached hydrogens (tertiary/aromatic N) is 1. The highest BCUT2D eigenvalue weighted by molar-refractivity contribution is 4.74. The molecule has 2 fully saturated rings. The van der Waals surface area contributed by atoms with Gasteiger partial charge in [-0.2, -0.15) is 0 Å². The van der Waals surface area contributed by atoms with Crippen molar-refractivity contribution < 1.29 is 0 Å². The Kier molecular flexibility index (Phi) is 5.07. The summed E-state index contributed by atoms with van der Waals surface area (Å²) >= 11 is 0. The summed E-state index contributed by atoms with van der Waals surface area (Å²) in [5, 5.41) is 7.12. The van der Waals surface area contributed by atoms with Crippen molar-refractivity contribution in [2.45, 2.75) is 25.7 Å². The molecule has 3 nitrogen and oxygen atoms in total. The molecule has 2 aliphatic rings. The van der Waals surface area contributed by atoms with Crippen molar-refractivity contribution in [2.75, 3.05) is 46.3 Å². The Labute approximate surface area is 100.0 Å². The summed E-state index contributed by atoms with van der Waals surface area (Å²) in [6, 6.07) is 0. The molecule has 2 saturated heterocycles. The van der Waals surface area contributed by atoms with Gasteiger partial charge in [0.1, 0.15) is 0 Å². The van der Waals surface area contributed by atoms with Crippen LogP contribution in [0.3, 0.4) is 0 Å². The second-order valence-electron chi connectivity index (χ2n) is 5.60. The fourth-order valence-electron chi connectivity index (χ4n) is 2.84. The smallest absolute Gasteiger partial charge is 0.00187 e. The van der Waals surface area contributed by atoms with Crippen molar-refractivity contribution in [3.8, 4) is 0 Å². The maximum Gasteiger partial charge on any atom is -0.00187 e. The van der Waals surface area contributed by atoms with E-state index in [1.807, 2.05) is 0 Å². The first-order valence-corrected chi connectivity index (χ1v) is 6.94. The minimum atomic E-state index is 0.924. The lowest BCUT2D eigenvalue weighted by Gasteiger charge is -2.30. The van der Waals surface area contributed by atoms with E-state index in [4.69, 9.17) is 0 Å². The molecule has 2 N–H and O–H groups in total. The standard InChI is InChI=1S/C13H27N3/c1-16-8-4-13(5-9-16)11-15-10-12-2-6-14-7-3-12/h12-15H,2-11H2,1H3. The normalized spacial score (nSPS) is 26.1. The maximum atomic E-state index is 3.69. The summed E-state index contributed by atoms with van der Waals surface area (Å²) in [6.45, 7) is 7.52. The summed E-state index contributed by atoms with van der Waals surface area (Å²) in [4.78, 5) is 2.45. The highest BCUT2D eigenvalue weighted by Gasteiger charge is 2.17. The summed E-state index contributed by atoms with van der Waals surface area (Å²) in [6.07, 6.45) is 5.49. The molecule has 0 radical (unpaired) electrons. The van der Waals surface area contributed by atoms with E-state index in [-0.39, 0.29) is 0 Å². The van der Waals surface area contributed by atoms with E-state index in [1.54, 1.807) is 0 Å². The van der Waals surface area contributed by atoms with Crippen LogP contribution in [0.1, 0.15) is 25.7 Å². The third-order valence-corrected chi connectivity index (χ3v) is 4.16. The lowest BCUT2D eigenvalue weighted by molar-refractivity contribution is 0.213. The Bertz CT molecular complexity index is 182. The van der Waals surface area contributed by atoms with Crippen molar-refractivity contribution in [1.82, 2.24) is 15.5 Å². The van der Waals surface area contributed by atoms with Gasteiger partial charge in [0.25, 0.3) is 0 Å². The predicted molar refractivity (Wildman–Crippen MR) is 68.7 cm³/mol. The molecule has 0 aliphatic carbocycles. The zero-order chi connectivity index (χ0) is 11.2. The lowest BCUT2D eigenvalue weighted by atomic mass is 9.95. The van der Waals surface area contributed by atoms with Gasteiger partial charge in [-0.3, -0.25) is 0 Å². The van der Waals surface area contributed by atoms with E-state index < -0.39 is 0 Å². The predicted octanol–water partition coefficient (Wildman–Crippen LogP) is 0.917. The summed E-state index contributed by atoms with van der Waals surface area (Å²) in [5.74, 6) is 1.85. The first-order valence-electron chi connectivity index (χ1n) is 6.94. The molecule has 0 aromatic rings. The molecule has 2 rings (SSSR count). The van der Waals surface area contributed by atoms with Crippen LogP contribution in [0.2, 0.25) is 0 Å². The van der Waals surface area contributed by atoms with E-state index in [2.05, 4.69) is 22.6 Å².